The number of ether oxygens (including phenoxy) is 2. The van der Waals surface area contributed by atoms with Crippen LogP contribution in [-0.2, 0) is 4.74 Å². The molecule has 0 unspecified atom stereocenters. The number of carbonyl (C=O) groups excluding carboxylic acids is 1. The van der Waals surface area contributed by atoms with Crippen molar-refractivity contribution in [1.29, 1.82) is 0 Å². The monoisotopic (exact) mass is 263 g/mol. The zero-order valence-corrected chi connectivity index (χ0v) is 11.5. The molecule has 1 fully saturated rings. The third-order valence-electron chi connectivity index (χ3n) is 3.68. The first-order chi connectivity index (χ1) is 9.10. The van der Waals surface area contributed by atoms with E-state index in [1.807, 2.05) is 0 Å². The van der Waals surface area contributed by atoms with Crippen LogP contribution in [0.25, 0.3) is 0 Å². The molecular weight excluding hydrogens is 242 g/mol. The fourth-order valence-electron chi connectivity index (χ4n) is 2.44. The molecule has 0 atom stereocenters. The number of hydrogen-bond acceptors (Lipinski definition) is 4. The minimum atomic E-state index is -0.323. The van der Waals surface area contributed by atoms with E-state index in [0.717, 1.165) is 31.6 Å². The summed E-state index contributed by atoms with van der Waals surface area (Å²) in [6.45, 7) is 2.24. The Morgan fingerprint density at radius 1 is 1.26 bits per heavy atom. The van der Waals surface area contributed by atoms with Crippen molar-refractivity contribution in [3.05, 3.63) is 23.8 Å². The lowest BCUT2D eigenvalue weighted by Crippen LogP contribution is -2.23. The molecule has 0 spiro atoms. The quantitative estimate of drug-likeness (QED) is 0.672. The van der Waals surface area contributed by atoms with Gasteiger partial charge in [-0.3, -0.25) is 0 Å². The molecule has 2 N–H and O–H groups in total. The number of benzene rings is 1. The van der Waals surface area contributed by atoms with E-state index in [-0.39, 0.29) is 12.1 Å². The van der Waals surface area contributed by atoms with E-state index < -0.39 is 0 Å². The van der Waals surface area contributed by atoms with Crippen LogP contribution in [0.3, 0.4) is 0 Å². The molecule has 0 heterocycles. The highest BCUT2D eigenvalue weighted by Gasteiger charge is 2.23. The van der Waals surface area contributed by atoms with Gasteiger partial charge in [-0.05, 0) is 43.7 Å². The van der Waals surface area contributed by atoms with Crippen molar-refractivity contribution in [3.8, 4) is 5.75 Å². The molecule has 1 aromatic carbocycles. The van der Waals surface area contributed by atoms with Gasteiger partial charge in [-0.15, -0.1) is 0 Å². The first kappa shape index (κ1) is 13.7. The topological polar surface area (TPSA) is 61.5 Å². The minimum Gasteiger partial charge on any atom is -0.496 e. The number of esters is 1. The number of hydrogen-bond donors (Lipinski definition) is 1. The summed E-state index contributed by atoms with van der Waals surface area (Å²) in [5.41, 5.74) is 6.68. The summed E-state index contributed by atoms with van der Waals surface area (Å²) in [4.78, 5) is 12.1. The second-order valence-electron chi connectivity index (χ2n) is 5.25. The number of carbonyl (C=O) groups is 1. The normalized spacial score (nSPS) is 22.8. The first-order valence-electron chi connectivity index (χ1n) is 6.74. The number of nitrogen functional groups attached to an aromatic ring is 1. The van der Waals surface area contributed by atoms with Gasteiger partial charge in [0.25, 0.3) is 0 Å². The third kappa shape index (κ3) is 3.40. The standard InChI is InChI=1S/C15H21NO3/c1-10-3-6-12(7-4-10)19-15(17)13-8-5-11(16)9-14(13)18-2/h5,8-10,12H,3-4,6-7,16H2,1-2H3. The third-order valence-corrected chi connectivity index (χ3v) is 3.68. The Labute approximate surface area is 113 Å². The molecule has 1 aliphatic carbocycles. The molecule has 0 saturated heterocycles. The van der Waals surface area contributed by atoms with Crippen molar-refractivity contribution in [2.45, 2.75) is 38.7 Å². The lowest BCUT2D eigenvalue weighted by atomic mass is 9.89. The maximum absolute atomic E-state index is 12.1. The first-order valence-corrected chi connectivity index (χ1v) is 6.74. The maximum Gasteiger partial charge on any atom is 0.342 e. The van der Waals surface area contributed by atoms with Crippen LogP contribution in [0.2, 0.25) is 0 Å². The average molecular weight is 263 g/mol. The fraction of sp³-hybridized carbons (Fsp3) is 0.533. The molecule has 1 saturated carbocycles. The molecule has 0 aliphatic heterocycles. The van der Waals surface area contributed by atoms with Gasteiger partial charge in [0.2, 0.25) is 0 Å². The second kappa shape index (κ2) is 5.95. The average Bonchev–Trinajstić information content (AvgIpc) is 2.41. The molecule has 104 valence electrons. The van der Waals surface area contributed by atoms with E-state index in [4.69, 9.17) is 15.2 Å². The van der Waals surface area contributed by atoms with Gasteiger partial charge in [0, 0.05) is 11.8 Å². The van der Waals surface area contributed by atoms with Crippen molar-refractivity contribution in [1.82, 2.24) is 0 Å². The molecule has 0 amide bonds. The summed E-state index contributed by atoms with van der Waals surface area (Å²) in [6, 6.07) is 4.98. The Hall–Kier alpha value is -1.71. The molecule has 4 heteroatoms. The van der Waals surface area contributed by atoms with E-state index in [9.17, 15) is 4.79 Å². The van der Waals surface area contributed by atoms with Crippen LogP contribution in [0, 0.1) is 5.92 Å². The van der Waals surface area contributed by atoms with Gasteiger partial charge in [0.05, 0.1) is 7.11 Å². The predicted octanol–water partition coefficient (Wildman–Crippen LogP) is 3.01. The molecule has 19 heavy (non-hydrogen) atoms. The van der Waals surface area contributed by atoms with Crippen molar-refractivity contribution < 1.29 is 14.3 Å². The number of methoxy groups -OCH3 is 1. The van der Waals surface area contributed by atoms with Crippen molar-refractivity contribution in [2.24, 2.45) is 5.92 Å². The van der Waals surface area contributed by atoms with Gasteiger partial charge in [-0.25, -0.2) is 4.79 Å². The Balaban J connectivity index is 2.03. The number of anilines is 1. The van der Waals surface area contributed by atoms with Crippen LogP contribution in [0.1, 0.15) is 43.0 Å². The van der Waals surface area contributed by atoms with E-state index in [1.165, 1.54) is 7.11 Å². The molecule has 2 rings (SSSR count). The van der Waals surface area contributed by atoms with Gasteiger partial charge in [-0.1, -0.05) is 6.92 Å². The molecule has 0 bridgehead atoms. The summed E-state index contributed by atoms with van der Waals surface area (Å²) < 4.78 is 10.7. The van der Waals surface area contributed by atoms with Crippen LogP contribution in [0.15, 0.2) is 18.2 Å². The van der Waals surface area contributed by atoms with E-state index >= 15 is 0 Å². The van der Waals surface area contributed by atoms with Crippen molar-refractivity contribution >= 4 is 11.7 Å². The smallest absolute Gasteiger partial charge is 0.342 e. The Bertz CT molecular complexity index is 451. The van der Waals surface area contributed by atoms with Crippen LogP contribution in [0.5, 0.6) is 5.75 Å². The van der Waals surface area contributed by atoms with Gasteiger partial charge >= 0.3 is 5.97 Å². The summed E-state index contributed by atoms with van der Waals surface area (Å²) >= 11 is 0. The van der Waals surface area contributed by atoms with Crippen LogP contribution in [-0.4, -0.2) is 19.2 Å². The van der Waals surface area contributed by atoms with Gasteiger partial charge < -0.3 is 15.2 Å². The highest BCUT2D eigenvalue weighted by atomic mass is 16.5. The van der Waals surface area contributed by atoms with Crippen molar-refractivity contribution in [3.63, 3.8) is 0 Å². The Morgan fingerprint density at radius 2 is 1.95 bits per heavy atom. The molecule has 0 aromatic heterocycles. The van der Waals surface area contributed by atoms with Gasteiger partial charge in [0.1, 0.15) is 17.4 Å². The maximum atomic E-state index is 12.1. The molecular formula is C15H21NO3. The zero-order valence-electron chi connectivity index (χ0n) is 11.5. The van der Waals surface area contributed by atoms with E-state index in [2.05, 4.69) is 6.92 Å². The summed E-state index contributed by atoms with van der Waals surface area (Å²) in [6.07, 6.45) is 4.17. The zero-order chi connectivity index (χ0) is 13.8. The summed E-state index contributed by atoms with van der Waals surface area (Å²) in [7, 11) is 1.52. The number of nitrogens with two attached hydrogens (primary N) is 1. The van der Waals surface area contributed by atoms with Crippen LogP contribution >= 0.6 is 0 Å². The van der Waals surface area contributed by atoms with E-state index in [1.54, 1.807) is 18.2 Å². The minimum absolute atomic E-state index is 0.0333. The fourth-order valence-corrected chi connectivity index (χ4v) is 2.44. The lowest BCUT2D eigenvalue weighted by molar-refractivity contribution is 0.0171. The Morgan fingerprint density at radius 3 is 2.58 bits per heavy atom. The largest absolute Gasteiger partial charge is 0.496 e. The van der Waals surface area contributed by atoms with Gasteiger partial charge in [-0.2, -0.15) is 0 Å². The van der Waals surface area contributed by atoms with Crippen molar-refractivity contribution in [2.75, 3.05) is 12.8 Å². The van der Waals surface area contributed by atoms with Crippen LogP contribution < -0.4 is 10.5 Å². The summed E-state index contributed by atoms with van der Waals surface area (Å²) in [5.74, 6) is 0.881. The second-order valence-corrected chi connectivity index (χ2v) is 5.25. The lowest BCUT2D eigenvalue weighted by Gasteiger charge is -2.26. The molecule has 1 aromatic rings. The van der Waals surface area contributed by atoms with Gasteiger partial charge in [0.15, 0.2) is 0 Å². The highest BCUT2D eigenvalue weighted by molar-refractivity contribution is 5.93. The molecule has 1 aliphatic rings. The van der Waals surface area contributed by atoms with E-state index in [0.29, 0.717) is 17.0 Å². The molecule has 0 radical (unpaired) electrons. The van der Waals surface area contributed by atoms with Crippen LogP contribution in [0.4, 0.5) is 5.69 Å². The SMILES string of the molecule is COc1cc(N)ccc1C(=O)OC1CCC(C)CC1. The Kier molecular flexibility index (Phi) is 4.30. The summed E-state index contributed by atoms with van der Waals surface area (Å²) in [5, 5.41) is 0. The molecule has 4 nitrogen and oxygen atoms in total. The highest BCUT2D eigenvalue weighted by Crippen LogP contribution is 2.28. The predicted molar refractivity (Wildman–Crippen MR) is 74.2 cm³/mol. The number of rotatable bonds is 3.